The van der Waals surface area contributed by atoms with Crippen LogP contribution in [-0.2, 0) is 11.5 Å². The zero-order valence-corrected chi connectivity index (χ0v) is 12.6. The summed E-state index contributed by atoms with van der Waals surface area (Å²) in [5.74, 6) is 0. The van der Waals surface area contributed by atoms with Crippen LogP contribution in [0.2, 0.25) is 19.1 Å². The van der Waals surface area contributed by atoms with Gasteiger partial charge in [0.1, 0.15) is 12.4 Å². The van der Waals surface area contributed by atoms with E-state index in [4.69, 9.17) is 4.74 Å². The lowest BCUT2D eigenvalue weighted by molar-refractivity contribution is 0.0760. The molecule has 0 unspecified atom stereocenters. The first-order valence-corrected chi connectivity index (χ1v) is 9.93. The van der Waals surface area contributed by atoms with Crippen molar-refractivity contribution in [3.05, 3.63) is 18.0 Å². The molecule has 0 aliphatic carbocycles. The van der Waals surface area contributed by atoms with Crippen LogP contribution in [0.5, 0.6) is 0 Å². The van der Waals surface area contributed by atoms with Crippen molar-refractivity contribution in [2.24, 2.45) is 0 Å². The molecule has 0 radical (unpaired) electrons. The number of hydrogen-bond acceptors (Lipinski definition) is 2. The molecule has 7 heteroatoms. The molecule has 0 aromatic carbocycles. The molecule has 1 rings (SSSR count). The molecule has 0 amide bonds. The first-order valence-electron chi connectivity index (χ1n) is 5.40. The van der Waals surface area contributed by atoms with Crippen LogP contribution in [0.3, 0.4) is 0 Å². The highest BCUT2D eigenvalue weighted by Crippen LogP contribution is 2.15. The number of hydrogen-bond donors (Lipinski definition) is 0. The lowest BCUT2D eigenvalue weighted by atomic mass is 10.5. The Hall–Kier alpha value is -0.273. The number of alkyl halides is 3. The Morgan fingerprint density at radius 1 is 1.53 bits per heavy atom. The molecule has 3 nitrogen and oxygen atoms in total. The topological polar surface area (TPSA) is 27.1 Å². The van der Waals surface area contributed by atoms with Crippen molar-refractivity contribution in [1.29, 1.82) is 0 Å². The summed E-state index contributed by atoms with van der Waals surface area (Å²) in [6.07, 6.45) is -1.01. The predicted octanol–water partition coefficient (Wildman–Crippen LogP) is 3.44. The van der Waals surface area contributed by atoms with Crippen LogP contribution in [-0.4, -0.2) is 29.4 Å². The molecule has 0 aliphatic heterocycles. The Kier molecular flexibility index (Phi) is 5.74. The molecular weight excluding hydrogens is 310 g/mol. The molecule has 0 fully saturated rings. The van der Waals surface area contributed by atoms with Gasteiger partial charge in [0.15, 0.2) is 0 Å². The van der Waals surface area contributed by atoms with Crippen molar-refractivity contribution in [3.8, 4) is 0 Å². The summed E-state index contributed by atoms with van der Waals surface area (Å²) >= 11 is 3.49. The van der Waals surface area contributed by atoms with E-state index in [1.54, 1.807) is 0 Å². The van der Waals surface area contributed by atoms with Gasteiger partial charge in [0, 0.05) is 12.8 Å². The van der Waals surface area contributed by atoms with E-state index < -0.39 is 14.5 Å². The number of nitrogens with zero attached hydrogens (tertiary/aromatic N) is 2. The van der Waals surface area contributed by atoms with E-state index in [0.717, 1.165) is 11.0 Å². The van der Waals surface area contributed by atoms with Gasteiger partial charge < -0.3 is 4.74 Å². The third-order valence-corrected chi connectivity index (χ3v) is 9.23. The maximum atomic E-state index is 12.3. The second-order valence-electron chi connectivity index (χ2n) is 4.67. The van der Waals surface area contributed by atoms with Crippen LogP contribution in [0.4, 0.5) is 8.78 Å². The van der Waals surface area contributed by atoms with Gasteiger partial charge in [-0.2, -0.15) is 5.10 Å². The van der Waals surface area contributed by atoms with Crippen molar-refractivity contribution >= 4 is 24.0 Å². The van der Waals surface area contributed by atoms with Crippen LogP contribution in [0.25, 0.3) is 0 Å². The van der Waals surface area contributed by atoms with Gasteiger partial charge in [-0.25, -0.2) is 13.5 Å². The monoisotopic (exact) mass is 326 g/mol. The summed E-state index contributed by atoms with van der Waals surface area (Å²) in [4.78, 5) is 1.04. The lowest BCUT2D eigenvalue weighted by Crippen LogP contribution is -2.29. The molecule has 0 saturated carbocycles. The minimum Gasteiger partial charge on any atom is -0.360 e. The van der Waals surface area contributed by atoms with Gasteiger partial charge in [0.25, 0.3) is 6.43 Å². The minimum absolute atomic E-state index is 0.205. The summed E-state index contributed by atoms with van der Waals surface area (Å²) in [7, 11) is -1.19. The summed E-state index contributed by atoms with van der Waals surface area (Å²) in [6.45, 7) is 5.43. The predicted molar refractivity (Wildman–Crippen MR) is 69.2 cm³/mol. The third kappa shape index (κ3) is 5.26. The second kappa shape index (κ2) is 6.60. The van der Waals surface area contributed by atoms with Crippen molar-refractivity contribution < 1.29 is 13.5 Å². The van der Waals surface area contributed by atoms with E-state index in [-0.39, 0.29) is 12.4 Å². The quantitative estimate of drug-likeness (QED) is 0.436. The molecule has 0 aliphatic rings. The third-order valence-electron chi connectivity index (χ3n) is 2.39. The van der Waals surface area contributed by atoms with Crippen molar-refractivity contribution in [2.45, 2.75) is 32.3 Å². The van der Waals surface area contributed by atoms with E-state index >= 15 is 0 Å². The maximum Gasteiger partial charge on any atom is 0.282 e. The molecule has 1 aromatic rings. The fourth-order valence-corrected chi connectivity index (χ4v) is 2.81. The van der Waals surface area contributed by atoms with Crippen LogP contribution in [0, 0.1) is 0 Å². The smallest absolute Gasteiger partial charge is 0.282 e. The van der Waals surface area contributed by atoms with Gasteiger partial charge >= 0.3 is 0 Å². The summed E-state index contributed by atoms with van der Waals surface area (Å²) < 4.78 is 31.3. The molecule has 0 bridgehead atoms. The van der Waals surface area contributed by atoms with Gasteiger partial charge in [-0.15, -0.1) is 0 Å². The Balaban J connectivity index is 2.26. The molecule has 0 atom stereocenters. The van der Waals surface area contributed by atoms with Crippen LogP contribution < -0.4 is 0 Å². The molecule has 1 heterocycles. The summed E-state index contributed by atoms with van der Waals surface area (Å²) in [5.41, 5.74) is -0.205. The normalized spacial score (nSPS) is 12.4. The van der Waals surface area contributed by atoms with E-state index in [2.05, 4.69) is 34.1 Å². The molecule has 0 N–H and O–H groups in total. The zero-order valence-electron chi connectivity index (χ0n) is 10.00. The second-order valence-corrected chi connectivity index (χ2v) is 11.4. The first kappa shape index (κ1) is 14.8. The van der Waals surface area contributed by atoms with Crippen molar-refractivity contribution in [3.63, 3.8) is 0 Å². The summed E-state index contributed by atoms with van der Waals surface area (Å²) in [6, 6.07) is 2.35. The number of aromatic nitrogens is 2. The fraction of sp³-hybridized carbons (Fsp3) is 0.700. The average molecular weight is 327 g/mol. The Bertz CT molecular complexity index is 347. The standard InChI is InChI=1S/C10H17BrF2N2OSi/c1-17(2,7-11)6-5-16-8-15-4-3-9(14-15)10(12)13/h3-4,10H,5-8H2,1-2H3. The molecule has 17 heavy (non-hydrogen) atoms. The molecule has 0 saturated heterocycles. The maximum absolute atomic E-state index is 12.3. The van der Waals surface area contributed by atoms with Crippen LogP contribution in [0.15, 0.2) is 12.3 Å². The van der Waals surface area contributed by atoms with Crippen molar-refractivity contribution in [2.75, 3.05) is 11.6 Å². The van der Waals surface area contributed by atoms with Crippen molar-refractivity contribution in [1.82, 2.24) is 9.78 Å². The van der Waals surface area contributed by atoms with Gasteiger partial charge in [-0.05, 0) is 17.1 Å². The largest absolute Gasteiger partial charge is 0.360 e. The van der Waals surface area contributed by atoms with E-state index in [9.17, 15) is 8.78 Å². The molecule has 1 aromatic heterocycles. The zero-order chi connectivity index (χ0) is 12.9. The van der Waals surface area contributed by atoms with Crippen LogP contribution >= 0.6 is 15.9 Å². The highest BCUT2D eigenvalue weighted by atomic mass is 79.9. The fourth-order valence-electron chi connectivity index (χ4n) is 1.14. The highest BCUT2D eigenvalue weighted by Gasteiger charge is 2.18. The van der Waals surface area contributed by atoms with Gasteiger partial charge in [0.05, 0.1) is 8.07 Å². The van der Waals surface area contributed by atoms with E-state index in [1.165, 1.54) is 16.9 Å². The number of ether oxygens (including phenoxy) is 1. The first-order chi connectivity index (χ1) is 7.94. The van der Waals surface area contributed by atoms with E-state index in [1.807, 2.05) is 0 Å². The Labute approximate surface area is 109 Å². The van der Waals surface area contributed by atoms with Gasteiger partial charge in [-0.1, -0.05) is 29.0 Å². The van der Waals surface area contributed by atoms with Gasteiger partial charge in [0.2, 0.25) is 0 Å². The summed E-state index contributed by atoms with van der Waals surface area (Å²) in [5, 5.41) is 3.71. The molecule has 98 valence electrons. The molecular formula is C10H17BrF2N2OSi. The van der Waals surface area contributed by atoms with E-state index in [0.29, 0.717) is 6.61 Å². The number of rotatable bonds is 7. The van der Waals surface area contributed by atoms with Crippen LogP contribution in [0.1, 0.15) is 12.1 Å². The number of halogens is 3. The SMILES string of the molecule is C[Si](C)(CBr)CCOCn1ccc(C(F)F)n1. The Morgan fingerprint density at radius 2 is 2.24 bits per heavy atom. The Morgan fingerprint density at radius 3 is 2.76 bits per heavy atom. The molecule has 0 spiro atoms. The van der Waals surface area contributed by atoms with Gasteiger partial charge in [-0.3, -0.25) is 0 Å². The minimum atomic E-state index is -2.52. The average Bonchev–Trinajstić information content (AvgIpc) is 2.73. The lowest BCUT2D eigenvalue weighted by Gasteiger charge is -2.18. The highest BCUT2D eigenvalue weighted by molar-refractivity contribution is 9.09.